The number of Topliss-reactive ketones (excluding diaryl/α,β-unsaturated/α-hetero) is 1. The fraction of sp³-hybridized carbons (Fsp3) is 0.0833. The molecule has 98 valence electrons. The number of ketones is 1. The maximum Gasteiger partial charge on any atom is 0.305 e. The van der Waals surface area contributed by atoms with Crippen molar-refractivity contribution < 1.29 is 18.8 Å². The van der Waals surface area contributed by atoms with Crippen LogP contribution in [0.25, 0.3) is 0 Å². The Morgan fingerprint density at radius 3 is 2.53 bits per heavy atom. The van der Waals surface area contributed by atoms with Gasteiger partial charge in [0.2, 0.25) is 0 Å². The molecule has 7 heteroatoms. The second kappa shape index (κ2) is 5.21. The molecule has 2 aromatic heterocycles. The monoisotopic (exact) mass is 261 g/mol. The zero-order valence-corrected chi connectivity index (χ0v) is 10.0. The molecule has 0 atom stereocenters. The Morgan fingerprint density at radius 2 is 1.95 bits per heavy atom. The fourth-order valence-electron chi connectivity index (χ4n) is 1.38. The number of nitrogens with one attached hydrogen (secondary N) is 3. The molecule has 0 spiro atoms. The van der Waals surface area contributed by atoms with Gasteiger partial charge in [0, 0.05) is 11.8 Å². The van der Waals surface area contributed by atoms with Gasteiger partial charge in [-0.25, -0.2) is 0 Å². The molecule has 2 amide bonds. The van der Waals surface area contributed by atoms with Gasteiger partial charge in [0.15, 0.2) is 11.5 Å². The SMILES string of the molecule is CC(=O)c1c[nH]c(C(=O)NNC(=O)c2ccco2)c1. The first-order valence-corrected chi connectivity index (χ1v) is 5.41. The van der Waals surface area contributed by atoms with Crippen molar-refractivity contribution in [3.8, 4) is 0 Å². The van der Waals surface area contributed by atoms with Crippen molar-refractivity contribution in [1.29, 1.82) is 0 Å². The molecule has 0 aliphatic rings. The molecule has 3 N–H and O–H groups in total. The zero-order valence-electron chi connectivity index (χ0n) is 10.0. The number of hydrogen-bond acceptors (Lipinski definition) is 4. The maximum atomic E-state index is 11.7. The van der Waals surface area contributed by atoms with E-state index in [9.17, 15) is 14.4 Å². The molecule has 2 aromatic rings. The lowest BCUT2D eigenvalue weighted by atomic mass is 10.2. The molecule has 2 heterocycles. The summed E-state index contributed by atoms with van der Waals surface area (Å²) in [5.41, 5.74) is 4.95. The van der Waals surface area contributed by atoms with Crippen LogP contribution in [0.5, 0.6) is 0 Å². The van der Waals surface area contributed by atoms with Gasteiger partial charge in [0.05, 0.1) is 6.26 Å². The van der Waals surface area contributed by atoms with Crippen molar-refractivity contribution in [2.24, 2.45) is 0 Å². The van der Waals surface area contributed by atoms with Gasteiger partial charge in [0.1, 0.15) is 5.69 Å². The summed E-state index contributed by atoms with van der Waals surface area (Å²) in [6.07, 6.45) is 2.77. The molecule has 0 aromatic carbocycles. The number of rotatable bonds is 3. The Morgan fingerprint density at radius 1 is 1.21 bits per heavy atom. The second-order valence-electron chi connectivity index (χ2n) is 3.74. The van der Waals surface area contributed by atoms with Crippen molar-refractivity contribution in [2.75, 3.05) is 0 Å². The van der Waals surface area contributed by atoms with E-state index in [-0.39, 0.29) is 17.2 Å². The first kappa shape index (κ1) is 12.6. The predicted octanol–water partition coefficient (Wildman–Crippen LogP) is 0.885. The number of H-pyrrole nitrogens is 1. The average Bonchev–Trinajstić information content (AvgIpc) is 3.05. The maximum absolute atomic E-state index is 11.7. The highest BCUT2D eigenvalue weighted by Crippen LogP contribution is 2.04. The summed E-state index contributed by atoms with van der Waals surface area (Å²) >= 11 is 0. The highest BCUT2D eigenvalue weighted by Gasteiger charge is 2.13. The largest absolute Gasteiger partial charge is 0.459 e. The minimum absolute atomic E-state index is 0.0798. The van der Waals surface area contributed by atoms with Crippen LogP contribution in [0.2, 0.25) is 0 Å². The quantitative estimate of drug-likeness (QED) is 0.563. The minimum atomic E-state index is -0.573. The van der Waals surface area contributed by atoms with Crippen molar-refractivity contribution in [3.63, 3.8) is 0 Å². The summed E-state index contributed by atoms with van der Waals surface area (Å²) in [5, 5.41) is 0. The zero-order chi connectivity index (χ0) is 13.8. The van der Waals surface area contributed by atoms with Crippen molar-refractivity contribution in [1.82, 2.24) is 15.8 Å². The number of carbonyl (C=O) groups is 3. The van der Waals surface area contributed by atoms with E-state index in [1.165, 1.54) is 31.5 Å². The molecule has 0 saturated heterocycles. The number of hydrogen-bond donors (Lipinski definition) is 3. The smallest absolute Gasteiger partial charge is 0.305 e. The molecular weight excluding hydrogens is 250 g/mol. The van der Waals surface area contributed by atoms with E-state index in [0.29, 0.717) is 5.56 Å². The van der Waals surface area contributed by atoms with Crippen LogP contribution in [-0.4, -0.2) is 22.6 Å². The van der Waals surface area contributed by atoms with Crippen molar-refractivity contribution in [2.45, 2.75) is 6.92 Å². The highest BCUT2D eigenvalue weighted by molar-refractivity contribution is 6.00. The first-order valence-electron chi connectivity index (χ1n) is 5.41. The molecule has 0 saturated carbocycles. The van der Waals surface area contributed by atoms with Gasteiger partial charge < -0.3 is 9.40 Å². The van der Waals surface area contributed by atoms with Crippen LogP contribution in [-0.2, 0) is 0 Å². The Balaban J connectivity index is 1.94. The number of aromatic amines is 1. The van der Waals surface area contributed by atoms with E-state index in [1.807, 2.05) is 0 Å². The van der Waals surface area contributed by atoms with Crippen LogP contribution in [0.4, 0.5) is 0 Å². The molecule has 0 bridgehead atoms. The van der Waals surface area contributed by atoms with Gasteiger partial charge in [-0.3, -0.25) is 25.2 Å². The van der Waals surface area contributed by atoms with E-state index >= 15 is 0 Å². The van der Waals surface area contributed by atoms with E-state index in [2.05, 4.69) is 15.8 Å². The summed E-state index contributed by atoms with van der Waals surface area (Å²) in [6, 6.07) is 4.42. The Bertz CT molecular complexity index is 613. The molecule has 0 aliphatic heterocycles. The third kappa shape index (κ3) is 2.89. The summed E-state index contributed by atoms with van der Waals surface area (Å²) < 4.78 is 4.85. The van der Waals surface area contributed by atoms with Crippen LogP contribution < -0.4 is 10.9 Å². The van der Waals surface area contributed by atoms with Gasteiger partial charge in [0.25, 0.3) is 5.91 Å². The number of carbonyl (C=O) groups excluding carboxylic acids is 3. The lowest BCUT2D eigenvalue weighted by Crippen LogP contribution is -2.41. The molecule has 0 unspecified atom stereocenters. The van der Waals surface area contributed by atoms with Gasteiger partial charge >= 0.3 is 5.91 Å². The summed E-state index contributed by atoms with van der Waals surface area (Å²) in [7, 11) is 0. The summed E-state index contributed by atoms with van der Waals surface area (Å²) in [4.78, 5) is 36.8. The standard InChI is InChI=1S/C12H11N3O4/c1-7(16)8-5-9(13-6-8)11(17)14-15-12(18)10-3-2-4-19-10/h2-6,13H,1H3,(H,14,17)(H,15,18). The van der Waals surface area contributed by atoms with E-state index in [4.69, 9.17) is 4.42 Å². The van der Waals surface area contributed by atoms with Crippen LogP contribution in [0.3, 0.4) is 0 Å². The van der Waals surface area contributed by atoms with Gasteiger partial charge in [-0.05, 0) is 25.1 Å². The summed E-state index contributed by atoms with van der Waals surface area (Å²) in [6.45, 7) is 1.39. The average molecular weight is 261 g/mol. The van der Waals surface area contributed by atoms with Gasteiger partial charge in [-0.15, -0.1) is 0 Å². The first-order chi connectivity index (χ1) is 9.08. The fourth-order valence-corrected chi connectivity index (χ4v) is 1.38. The molecule has 0 aliphatic carbocycles. The predicted molar refractivity (Wildman–Crippen MR) is 64.4 cm³/mol. The van der Waals surface area contributed by atoms with Gasteiger partial charge in [-0.2, -0.15) is 0 Å². The third-order valence-electron chi connectivity index (χ3n) is 2.37. The number of furan rings is 1. The molecular formula is C12H11N3O4. The lowest BCUT2D eigenvalue weighted by molar-refractivity contribution is 0.0828. The second-order valence-corrected chi connectivity index (χ2v) is 3.74. The number of hydrazine groups is 1. The molecule has 2 rings (SSSR count). The van der Waals surface area contributed by atoms with Crippen LogP contribution in [0, 0.1) is 0 Å². The number of amides is 2. The van der Waals surface area contributed by atoms with Crippen LogP contribution in [0.1, 0.15) is 38.3 Å². The van der Waals surface area contributed by atoms with Gasteiger partial charge in [-0.1, -0.05) is 0 Å². The van der Waals surface area contributed by atoms with Crippen LogP contribution in [0.15, 0.2) is 35.1 Å². The lowest BCUT2D eigenvalue weighted by Gasteiger charge is -2.03. The van der Waals surface area contributed by atoms with E-state index in [0.717, 1.165) is 0 Å². The third-order valence-corrected chi connectivity index (χ3v) is 2.37. The highest BCUT2D eigenvalue weighted by atomic mass is 16.3. The van der Waals surface area contributed by atoms with E-state index < -0.39 is 11.8 Å². The Labute approximate surface area is 108 Å². The minimum Gasteiger partial charge on any atom is -0.459 e. The summed E-state index contributed by atoms with van der Waals surface area (Å²) in [5.74, 6) is -1.21. The molecule has 0 fully saturated rings. The molecule has 0 radical (unpaired) electrons. The van der Waals surface area contributed by atoms with E-state index in [1.54, 1.807) is 6.07 Å². The molecule has 19 heavy (non-hydrogen) atoms. The van der Waals surface area contributed by atoms with Crippen LogP contribution >= 0.6 is 0 Å². The molecule has 7 nitrogen and oxygen atoms in total. The Kier molecular flexibility index (Phi) is 3.46. The van der Waals surface area contributed by atoms with Crippen molar-refractivity contribution in [3.05, 3.63) is 47.7 Å². The normalized spacial score (nSPS) is 9.95. The number of aromatic nitrogens is 1. The van der Waals surface area contributed by atoms with Crippen molar-refractivity contribution >= 4 is 17.6 Å². The topological polar surface area (TPSA) is 104 Å². The Hall–Kier alpha value is -2.83.